The molecule has 92 valence electrons. The van der Waals surface area contributed by atoms with E-state index in [1.807, 2.05) is 6.92 Å². The van der Waals surface area contributed by atoms with Crippen LogP contribution in [0.4, 0.5) is 0 Å². The summed E-state index contributed by atoms with van der Waals surface area (Å²) < 4.78 is 0. The zero-order valence-electron chi connectivity index (χ0n) is 10.5. The van der Waals surface area contributed by atoms with Crippen LogP contribution in [0.25, 0.3) is 0 Å². The minimum atomic E-state index is -0.584. The molecule has 1 aromatic rings. The molecule has 1 rings (SSSR count). The van der Waals surface area contributed by atoms with Crippen LogP contribution in [-0.4, -0.2) is 17.3 Å². The van der Waals surface area contributed by atoms with Crippen LogP contribution in [0, 0.1) is 0 Å². The SMILES string of the molecule is CCCC(C)(O)CNC(CC)c1cccs1. The fraction of sp³-hybridized carbons (Fsp3) is 0.692. The van der Waals surface area contributed by atoms with Gasteiger partial charge >= 0.3 is 0 Å². The average molecular weight is 241 g/mol. The van der Waals surface area contributed by atoms with Crippen molar-refractivity contribution in [3.05, 3.63) is 22.4 Å². The lowest BCUT2D eigenvalue weighted by Gasteiger charge is -2.26. The topological polar surface area (TPSA) is 32.3 Å². The van der Waals surface area contributed by atoms with E-state index in [0.717, 1.165) is 19.3 Å². The second-order valence-electron chi connectivity index (χ2n) is 4.60. The van der Waals surface area contributed by atoms with Gasteiger partial charge < -0.3 is 10.4 Å². The summed E-state index contributed by atoms with van der Waals surface area (Å²) in [4.78, 5) is 1.36. The lowest BCUT2D eigenvalue weighted by Crippen LogP contribution is -2.39. The van der Waals surface area contributed by atoms with Crippen molar-refractivity contribution in [2.75, 3.05) is 6.54 Å². The molecule has 0 bridgehead atoms. The van der Waals surface area contributed by atoms with E-state index in [4.69, 9.17) is 0 Å². The van der Waals surface area contributed by atoms with Crippen LogP contribution in [0.1, 0.15) is 51.0 Å². The minimum Gasteiger partial charge on any atom is -0.389 e. The average Bonchev–Trinajstić information content (AvgIpc) is 2.72. The molecule has 0 radical (unpaired) electrons. The molecule has 2 atom stereocenters. The van der Waals surface area contributed by atoms with Gasteiger partial charge in [0.1, 0.15) is 0 Å². The highest BCUT2D eigenvalue weighted by atomic mass is 32.1. The molecule has 0 aliphatic rings. The van der Waals surface area contributed by atoms with Gasteiger partial charge in [0.05, 0.1) is 5.60 Å². The van der Waals surface area contributed by atoms with Gasteiger partial charge in [0.15, 0.2) is 0 Å². The standard InChI is InChI=1S/C13H23NOS/c1-4-8-13(3,15)10-14-11(5-2)12-7-6-9-16-12/h6-7,9,11,14-15H,4-5,8,10H2,1-3H3. The van der Waals surface area contributed by atoms with Crippen LogP contribution >= 0.6 is 11.3 Å². The van der Waals surface area contributed by atoms with E-state index in [1.165, 1.54) is 4.88 Å². The van der Waals surface area contributed by atoms with Gasteiger partial charge in [0, 0.05) is 17.5 Å². The largest absolute Gasteiger partial charge is 0.389 e. The van der Waals surface area contributed by atoms with Crippen molar-refractivity contribution in [2.45, 2.75) is 51.7 Å². The van der Waals surface area contributed by atoms with Crippen molar-refractivity contribution in [2.24, 2.45) is 0 Å². The van der Waals surface area contributed by atoms with E-state index in [2.05, 4.69) is 36.7 Å². The summed E-state index contributed by atoms with van der Waals surface area (Å²) in [6.07, 6.45) is 2.92. The molecule has 16 heavy (non-hydrogen) atoms. The molecule has 2 unspecified atom stereocenters. The Morgan fingerprint density at radius 1 is 1.50 bits per heavy atom. The number of aliphatic hydroxyl groups is 1. The normalized spacial score (nSPS) is 17.0. The van der Waals surface area contributed by atoms with Gasteiger partial charge in [-0.05, 0) is 31.2 Å². The Balaban J connectivity index is 2.46. The fourth-order valence-corrected chi connectivity index (χ4v) is 2.79. The molecule has 0 saturated carbocycles. The van der Waals surface area contributed by atoms with Crippen LogP contribution in [0.3, 0.4) is 0 Å². The first-order chi connectivity index (χ1) is 7.59. The molecule has 2 nitrogen and oxygen atoms in total. The third kappa shape index (κ3) is 4.24. The number of hydrogen-bond acceptors (Lipinski definition) is 3. The molecule has 0 fully saturated rings. The van der Waals surface area contributed by atoms with Gasteiger partial charge in [0.2, 0.25) is 0 Å². The Hall–Kier alpha value is -0.380. The smallest absolute Gasteiger partial charge is 0.0743 e. The van der Waals surface area contributed by atoms with E-state index in [0.29, 0.717) is 12.6 Å². The Morgan fingerprint density at radius 2 is 2.25 bits per heavy atom. The lowest BCUT2D eigenvalue weighted by atomic mass is 10.00. The van der Waals surface area contributed by atoms with Crippen molar-refractivity contribution >= 4 is 11.3 Å². The van der Waals surface area contributed by atoms with E-state index >= 15 is 0 Å². The number of nitrogens with one attached hydrogen (secondary N) is 1. The van der Waals surface area contributed by atoms with Crippen molar-refractivity contribution in [3.63, 3.8) is 0 Å². The molecule has 2 N–H and O–H groups in total. The molecule has 0 aliphatic heterocycles. The Kier molecular flexibility index (Phi) is 5.46. The zero-order valence-corrected chi connectivity index (χ0v) is 11.3. The molecule has 0 spiro atoms. The summed E-state index contributed by atoms with van der Waals surface area (Å²) in [5, 5.41) is 15.7. The maximum absolute atomic E-state index is 10.1. The predicted molar refractivity (Wildman–Crippen MR) is 70.9 cm³/mol. The summed E-state index contributed by atoms with van der Waals surface area (Å²) in [7, 11) is 0. The monoisotopic (exact) mass is 241 g/mol. The highest BCUT2D eigenvalue weighted by Gasteiger charge is 2.20. The third-order valence-corrected chi connectivity index (χ3v) is 3.80. The van der Waals surface area contributed by atoms with E-state index in [1.54, 1.807) is 11.3 Å². The van der Waals surface area contributed by atoms with Crippen LogP contribution in [0.2, 0.25) is 0 Å². The molecule has 0 amide bonds. The summed E-state index contributed by atoms with van der Waals surface area (Å²) in [5.41, 5.74) is -0.584. The van der Waals surface area contributed by atoms with Gasteiger partial charge in [-0.1, -0.05) is 26.3 Å². The summed E-state index contributed by atoms with van der Waals surface area (Å²) in [6, 6.07) is 4.61. The van der Waals surface area contributed by atoms with Crippen molar-refractivity contribution in [1.29, 1.82) is 0 Å². The molecule has 1 heterocycles. The molecule has 0 saturated heterocycles. The second-order valence-corrected chi connectivity index (χ2v) is 5.58. The molecule has 0 aliphatic carbocycles. The number of rotatable bonds is 7. The molecule has 0 aromatic carbocycles. The first-order valence-corrected chi connectivity index (χ1v) is 6.96. The molecular formula is C13H23NOS. The van der Waals surface area contributed by atoms with Crippen LogP contribution in [0.15, 0.2) is 17.5 Å². The first-order valence-electron chi connectivity index (χ1n) is 6.08. The summed E-state index contributed by atoms with van der Waals surface area (Å²) in [6.45, 7) is 6.85. The molecular weight excluding hydrogens is 218 g/mol. The maximum Gasteiger partial charge on any atom is 0.0743 e. The quantitative estimate of drug-likeness (QED) is 0.767. The van der Waals surface area contributed by atoms with E-state index < -0.39 is 5.60 Å². The van der Waals surface area contributed by atoms with Crippen LogP contribution in [-0.2, 0) is 0 Å². The lowest BCUT2D eigenvalue weighted by molar-refractivity contribution is 0.0471. The van der Waals surface area contributed by atoms with Crippen molar-refractivity contribution in [1.82, 2.24) is 5.32 Å². The highest BCUT2D eigenvalue weighted by Crippen LogP contribution is 2.22. The van der Waals surface area contributed by atoms with Gasteiger partial charge in [-0.2, -0.15) is 0 Å². The predicted octanol–water partition coefficient (Wildman–Crippen LogP) is 3.34. The third-order valence-electron chi connectivity index (χ3n) is 2.81. The molecule has 3 heteroatoms. The minimum absolute atomic E-state index is 0.378. The van der Waals surface area contributed by atoms with Gasteiger partial charge in [-0.25, -0.2) is 0 Å². The van der Waals surface area contributed by atoms with Gasteiger partial charge in [0.25, 0.3) is 0 Å². The van der Waals surface area contributed by atoms with Gasteiger partial charge in [-0.15, -0.1) is 11.3 Å². The summed E-state index contributed by atoms with van der Waals surface area (Å²) >= 11 is 1.78. The zero-order chi connectivity index (χ0) is 12.0. The summed E-state index contributed by atoms with van der Waals surface area (Å²) in [5.74, 6) is 0. The fourth-order valence-electron chi connectivity index (χ4n) is 1.91. The van der Waals surface area contributed by atoms with Gasteiger partial charge in [-0.3, -0.25) is 0 Å². The number of hydrogen-bond donors (Lipinski definition) is 2. The first kappa shape index (κ1) is 13.7. The Bertz CT molecular complexity index is 282. The van der Waals surface area contributed by atoms with Crippen molar-refractivity contribution in [3.8, 4) is 0 Å². The molecule has 1 aromatic heterocycles. The Labute approximate surface area is 103 Å². The van der Waals surface area contributed by atoms with Crippen LogP contribution in [0.5, 0.6) is 0 Å². The number of thiophene rings is 1. The van der Waals surface area contributed by atoms with Crippen molar-refractivity contribution < 1.29 is 5.11 Å². The Morgan fingerprint density at radius 3 is 2.75 bits per heavy atom. The van der Waals surface area contributed by atoms with Crippen LogP contribution < -0.4 is 5.32 Å². The maximum atomic E-state index is 10.1. The van der Waals surface area contributed by atoms with E-state index in [9.17, 15) is 5.11 Å². The van der Waals surface area contributed by atoms with E-state index in [-0.39, 0.29) is 0 Å². The highest BCUT2D eigenvalue weighted by molar-refractivity contribution is 7.10. The second kappa shape index (κ2) is 6.38.